The van der Waals surface area contributed by atoms with Crippen molar-refractivity contribution in [1.82, 2.24) is 4.90 Å². The third-order valence-electron chi connectivity index (χ3n) is 2.34. The highest BCUT2D eigenvalue weighted by Gasteiger charge is 2.44. The van der Waals surface area contributed by atoms with E-state index >= 15 is 0 Å². The minimum Gasteiger partial charge on any atom is -0.481 e. The van der Waals surface area contributed by atoms with Gasteiger partial charge < -0.3 is 20.2 Å². The van der Waals surface area contributed by atoms with E-state index in [2.05, 4.69) is 0 Å². The molecular formula is C7H11NO5. The number of hydrogen-bond donors (Lipinski definition) is 3. The predicted octanol–water partition coefficient (Wildman–Crippen LogP) is -0.570. The third kappa shape index (κ3) is 1.57. The van der Waals surface area contributed by atoms with Crippen LogP contribution in [-0.2, 0) is 4.79 Å². The summed E-state index contributed by atoms with van der Waals surface area (Å²) < 4.78 is 0. The van der Waals surface area contributed by atoms with Gasteiger partial charge in [-0.25, -0.2) is 4.79 Å². The Morgan fingerprint density at radius 2 is 1.92 bits per heavy atom. The Labute approximate surface area is 74.4 Å². The number of aliphatic carboxylic acids is 1. The number of carboxylic acid groups (broad SMARTS) is 2. The lowest BCUT2D eigenvalue weighted by molar-refractivity contribution is -0.144. The normalized spacial score (nSPS) is 33.4. The monoisotopic (exact) mass is 189 g/mol. The van der Waals surface area contributed by atoms with E-state index in [4.69, 9.17) is 10.2 Å². The molecule has 0 radical (unpaired) electrons. The first-order chi connectivity index (χ1) is 5.95. The summed E-state index contributed by atoms with van der Waals surface area (Å²) in [6.07, 6.45) is -2.31. The zero-order valence-electron chi connectivity index (χ0n) is 7.04. The molecule has 74 valence electrons. The fraction of sp³-hybridized carbons (Fsp3) is 0.714. The molecule has 0 aliphatic carbocycles. The van der Waals surface area contributed by atoms with Crippen LogP contribution in [0.25, 0.3) is 0 Å². The van der Waals surface area contributed by atoms with Gasteiger partial charge in [-0.3, -0.25) is 4.79 Å². The van der Waals surface area contributed by atoms with Crippen molar-refractivity contribution < 1.29 is 24.9 Å². The van der Waals surface area contributed by atoms with Gasteiger partial charge in [-0.15, -0.1) is 0 Å². The van der Waals surface area contributed by atoms with E-state index in [0.29, 0.717) is 0 Å². The SMILES string of the molecule is C[C@H]1C(C(=O)O)C(O)CN1C(=O)O. The molecule has 13 heavy (non-hydrogen) atoms. The second-order valence-electron chi connectivity index (χ2n) is 3.11. The lowest BCUT2D eigenvalue weighted by Crippen LogP contribution is -2.36. The second-order valence-corrected chi connectivity index (χ2v) is 3.11. The van der Waals surface area contributed by atoms with Crippen molar-refractivity contribution in [3.8, 4) is 0 Å². The molecule has 0 saturated carbocycles. The third-order valence-corrected chi connectivity index (χ3v) is 2.34. The minimum atomic E-state index is -1.20. The number of amides is 1. The molecule has 1 heterocycles. The first kappa shape index (κ1) is 9.79. The van der Waals surface area contributed by atoms with Crippen LogP contribution in [-0.4, -0.2) is 51.0 Å². The number of nitrogens with zero attached hydrogens (tertiary/aromatic N) is 1. The highest BCUT2D eigenvalue weighted by Crippen LogP contribution is 2.24. The van der Waals surface area contributed by atoms with Crippen molar-refractivity contribution in [3.05, 3.63) is 0 Å². The molecule has 1 rings (SSSR count). The van der Waals surface area contributed by atoms with Gasteiger partial charge in [-0.1, -0.05) is 0 Å². The molecule has 0 aromatic rings. The van der Waals surface area contributed by atoms with Crippen LogP contribution in [0.1, 0.15) is 6.92 Å². The molecule has 1 saturated heterocycles. The molecular weight excluding hydrogens is 178 g/mol. The molecule has 1 aliphatic rings. The number of hydrogen-bond acceptors (Lipinski definition) is 3. The molecule has 3 atom stereocenters. The van der Waals surface area contributed by atoms with E-state index < -0.39 is 30.1 Å². The van der Waals surface area contributed by atoms with Gasteiger partial charge in [-0.05, 0) is 6.92 Å². The fourth-order valence-corrected chi connectivity index (χ4v) is 1.62. The maximum absolute atomic E-state index is 10.6. The Kier molecular flexibility index (Phi) is 2.42. The zero-order valence-corrected chi connectivity index (χ0v) is 7.04. The molecule has 0 aromatic carbocycles. The number of aliphatic hydroxyl groups is 1. The van der Waals surface area contributed by atoms with Crippen LogP contribution in [0.4, 0.5) is 4.79 Å². The number of carboxylic acids is 1. The topological polar surface area (TPSA) is 98.1 Å². The maximum Gasteiger partial charge on any atom is 0.407 e. The minimum absolute atomic E-state index is 0.131. The van der Waals surface area contributed by atoms with E-state index in [0.717, 1.165) is 4.90 Å². The lowest BCUT2D eigenvalue weighted by atomic mass is 10.0. The van der Waals surface area contributed by atoms with Gasteiger partial charge in [0.2, 0.25) is 0 Å². The highest BCUT2D eigenvalue weighted by molar-refractivity contribution is 5.75. The van der Waals surface area contributed by atoms with E-state index in [-0.39, 0.29) is 6.54 Å². The van der Waals surface area contributed by atoms with Crippen molar-refractivity contribution in [1.29, 1.82) is 0 Å². The number of β-amino-alcohol motifs (C(OH)–C–C–N with tert-alkyl or cyclic N) is 1. The molecule has 1 fully saturated rings. The summed E-state index contributed by atoms with van der Waals surface area (Å²) in [5.74, 6) is -2.18. The molecule has 1 aliphatic heterocycles. The molecule has 2 unspecified atom stereocenters. The first-order valence-electron chi connectivity index (χ1n) is 3.85. The van der Waals surface area contributed by atoms with Crippen LogP contribution in [0.5, 0.6) is 0 Å². The number of likely N-dealkylation sites (tertiary alicyclic amines) is 1. The van der Waals surface area contributed by atoms with E-state index in [1.807, 2.05) is 0 Å². The first-order valence-corrected chi connectivity index (χ1v) is 3.85. The molecule has 0 spiro atoms. The summed E-state index contributed by atoms with van der Waals surface area (Å²) >= 11 is 0. The number of aliphatic hydroxyl groups excluding tert-OH is 1. The van der Waals surface area contributed by atoms with Crippen LogP contribution in [0, 0.1) is 5.92 Å². The molecule has 0 bridgehead atoms. The van der Waals surface area contributed by atoms with Crippen LogP contribution < -0.4 is 0 Å². The Balaban J connectivity index is 2.81. The summed E-state index contributed by atoms with van der Waals surface area (Å²) in [4.78, 5) is 22.1. The van der Waals surface area contributed by atoms with Crippen molar-refractivity contribution in [2.24, 2.45) is 5.92 Å². The van der Waals surface area contributed by atoms with E-state index in [1.165, 1.54) is 6.92 Å². The average molecular weight is 189 g/mol. The summed E-state index contributed by atoms with van der Waals surface area (Å²) in [5.41, 5.74) is 0. The maximum atomic E-state index is 10.6. The van der Waals surface area contributed by atoms with Crippen LogP contribution in [0.15, 0.2) is 0 Å². The Bertz CT molecular complexity index is 241. The Morgan fingerprint density at radius 1 is 1.38 bits per heavy atom. The van der Waals surface area contributed by atoms with Crippen molar-refractivity contribution in [2.45, 2.75) is 19.1 Å². The smallest absolute Gasteiger partial charge is 0.407 e. The average Bonchev–Trinajstić information content (AvgIpc) is 2.26. The molecule has 3 N–H and O–H groups in total. The molecule has 6 nitrogen and oxygen atoms in total. The summed E-state index contributed by atoms with van der Waals surface area (Å²) in [7, 11) is 0. The quantitative estimate of drug-likeness (QED) is 0.513. The van der Waals surface area contributed by atoms with E-state index in [9.17, 15) is 14.7 Å². The number of carbonyl (C=O) groups is 2. The zero-order chi connectivity index (χ0) is 10.2. The van der Waals surface area contributed by atoms with E-state index in [1.54, 1.807) is 0 Å². The van der Waals surface area contributed by atoms with Gasteiger partial charge in [0.05, 0.1) is 12.6 Å². The molecule has 1 amide bonds. The summed E-state index contributed by atoms with van der Waals surface area (Å²) in [5, 5.41) is 26.6. The van der Waals surface area contributed by atoms with Gasteiger partial charge in [0, 0.05) is 6.04 Å². The van der Waals surface area contributed by atoms with Gasteiger partial charge in [-0.2, -0.15) is 0 Å². The second kappa shape index (κ2) is 3.21. The Hall–Kier alpha value is -1.30. The fourth-order valence-electron chi connectivity index (χ4n) is 1.62. The Morgan fingerprint density at radius 3 is 2.15 bits per heavy atom. The largest absolute Gasteiger partial charge is 0.481 e. The lowest BCUT2D eigenvalue weighted by Gasteiger charge is -2.18. The van der Waals surface area contributed by atoms with Crippen LogP contribution in [0.3, 0.4) is 0 Å². The van der Waals surface area contributed by atoms with Gasteiger partial charge in [0.1, 0.15) is 5.92 Å². The van der Waals surface area contributed by atoms with Crippen molar-refractivity contribution in [2.75, 3.05) is 6.54 Å². The molecule has 0 aromatic heterocycles. The summed E-state index contributed by atoms with van der Waals surface area (Å²) in [6, 6.07) is -0.676. The van der Waals surface area contributed by atoms with Gasteiger partial charge in [0.15, 0.2) is 0 Å². The molecule has 6 heteroatoms. The van der Waals surface area contributed by atoms with Crippen molar-refractivity contribution in [3.63, 3.8) is 0 Å². The number of rotatable bonds is 1. The van der Waals surface area contributed by atoms with Crippen LogP contribution >= 0.6 is 0 Å². The van der Waals surface area contributed by atoms with Gasteiger partial charge in [0.25, 0.3) is 0 Å². The summed E-state index contributed by atoms with van der Waals surface area (Å²) in [6.45, 7) is 1.34. The predicted molar refractivity (Wildman–Crippen MR) is 41.3 cm³/mol. The van der Waals surface area contributed by atoms with Gasteiger partial charge >= 0.3 is 12.1 Å². The van der Waals surface area contributed by atoms with Crippen molar-refractivity contribution >= 4 is 12.1 Å². The highest BCUT2D eigenvalue weighted by atomic mass is 16.4. The van der Waals surface area contributed by atoms with Crippen LogP contribution in [0.2, 0.25) is 0 Å². The standard InChI is InChI=1S/C7H11NO5/c1-3-5(6(10)11)4(9)2-8(3)7(12)13/h3-5,9H,2H2,1H3,(H,10,11)(H,12,13)/t3-,4?,5?/m0/s1.